The maximum atomic E-state index is 9.19. The maximum absolute atomic E-state index is 9.19. The fourth-order valence-corrected chi connectivity index (χ4v) is 38.3. The molecule has 0 fully saturated rings. The van der Waals surface area contributed by atoms with Crippen molar-refractivity contribution in [2.75, 3.05) is 0 Å². The molecule has 0 radical (unpaired) electrons. The molecule has 2 unspecified atom stereocenters. The molecule has 0 saturated heterocycles. The summed E-state index contributed by atoms with van der Waals surface area (Å²) >= 11 is -5.56. The van der Waals surface area contributed by atoms with E-state index in [1.54, 1.807) is 0 Å². The molecule has 2 aliphatic rings. The summed E-state index contributed by atoms with van der Waals surface area (Å²) in [4.78, 5) is 0. The van der Waals surface area contributed by atoms with E-state index in [1.165, 1.54) is 66.8 Å². The molecule has 298 valence electrons. The van der Waals surface area contributed by atoms with Crippen LogP contribution < -0.4 is 0 Å². The minimum absolute atomic E-state index is 0.273. The van der Waals surface area contributed by atoms with Gasteiger partial charge in [0.15, 0.2) is 0 Å². The van der Waals surface area contributed by atoms with E-state index in [9.17, 15) is 17.0 Å². The Morgan fingerprint density at radius 3 is 1.33 bits per heavy atom. The van der Waals surface area contributed by atoms with Crippen LogP contribution in [0.1, 0.15) is 77.1 Å². The summed E-state index contributed by atoms with van der Waals surface area (Å²) in [6.45, 7) is 13.7. The van der Waals surface area contributed by atoms with Gasteiger partial charge in [-0.25, -0.2) is 0 Å². The van der Waals surface area contributed by atoms with E-state index in [0.29, 0.717) is 0 Å². The Kier molecular flexibility index (Phi) is 9.84. The Bertz CT molecular complexity index is 3000. The summed E-state index contributed by atoms with van der Waals surface area (Å²) in [7, 11) is 18.4. The van der Waals surface area contributed by atoms with Crippen LogP contribution in [0, 0.1) is 13.8 Å². The van der Waals surface area contributed by atoms with Crippen molar-refractivity contribution >= 4 is 67.3 Å². The van der Waals surface area contributed by atoms with Crippen molar-refractivity contribution in [2.24, 2.45) is 0 Å². The molecule has 60 heavy (non-hydrogen) atoms. The van der Waals surface area contributed by atoms with Crippen LogP contribution in [0.25, 0.3) is 67.1 Å². The fraction of sp³-hybridized carbons (Fsp3) is 0.185. The third kappa shape index (κ3) is 5.81. The van der Waals surface area contributed by atoms with Gasteiger partial charge in [0.05, 0.1) is 0 Å². The zero-order chi connectivity index (χ0) is 41.5. The van der Waals surface area contributed by atoms with Crippen LogP contribution >= 0.6 is 17.0 Å². The standard InChI is InChI=1S/2C26H21O.C2H6Si.2ClH.Zr/c2*1-3-18-12-13-19-14-21(26-23-11-7-5-9-20(23)16-27-26)15-24(19)25(18)22-10-6-4-8-17(22)2;1-3-2;;;/h2*4-16H,3H2,1-2H3;1-2H3;2*1H;/q;;;;;+2/p-2. The first-order chi connectivity index (χ1) is 29.0. The average Bonchev–Trinajstić information content (AvgIpc) is 4.06. The SMILES string of the molecule is CCc1ccc2c(c1-c1ccccc1C)C=C(c1occ3ccccc13)[CH]2[Zr]([Cl])([Cl])([CH]1C(c2occ3ccccc23)=Cc2c1ccc(CC)c2-c1ccccc1C)=[Si](C)C. The predicted octanol–water partition coefficient (Wildman–Crippen LogP) is 16.4. The van der Waals surface area contributed by atoms with Gasteiger partial charge in [0.2, 0.25) is 0 Å². The molecule has 0 aliphatic heterocycles. The predicted molar refractivity (Wildman–Crippen MR) is 255 cm³/mol. The fourth-order valence-electron chi connectivity index (χ4n) is 10.6. The number of halogens is 2. The Balaban J connectivity index is 1.34. The van der Waals surface area contributed by atoms with Crippen LogP contribution in [-0.4, -0.2) is 5.43 Å². The summed E-state index contributed by atoms with van der Waals surface area (Å²) in [5.41, 5.74) is 15.7. The normalized spacial score (nSPS) is 16.3. The van der Waals surface area contributed by atoms with Gasteiger partial charge in [-0.2, -0.15) is 0 Å². The molecule has 0 spiro atoms. The molecule has 6 aromatic carbocycles. The first-order valence-corrected chi connectivity index (χ1v) is 36.6. The molecule has 2 nitrogen and oxygen atoms in total. The Morgan fingerprint density at radius 1 is 0.533 bits per heavy atom. The molecule has 2 aliphatic carbocycles. The molecule has 0 amide bonds. The Hall–Kier alpha value is -4.44. The first-order valence-electron chi connectivity index (χ1n) is 21.2. The van der Waals surface area contributed by atoms with Crippen LogP contribution in [0.2, 0.25) is 13.1 Å². The third-order valence-corrected chi connectivity index (χ3v) is 60.0. The first kappa shape index (κ1) is 39.7. The number of rotatable bonds is 8. The van der Waals surface area contributed by atoms with Crippen molar-refractivity contribution in [3.63, 3.8) is 0 Å². The van der Waals surface area contributed by atoms with Crippen LogP contribution in [0.15, 0.2) is 143 Å². The number of allylic oxidation sites excluding steroid dienone is 2. The van der Waals surface area contributed by atoms with Gasteiger partial charge < -0.3 is 0 Å². The second-order valence-electron chi connectivity index (χ2n) is 17.1. The molecule has 0 bridgehead atoms. The van der Waals surface area contributed by atoms with E-state index in [0.717, 1.165) is 57.1 Å². The molecule has 8 aromatic rings. The van der Waals surface area contributed by atoms with E-state index in [2.05, 4.69) is 174 Å². The van der Waals surface area contributed by atoms with Crippen LogP contribution in [0.5, 0.6) is 0 Å². The molecule has 10 rings (SSSR count). The van der Waals surface area contributed by atoms with Crippen LogP contribution in [-0.2, 0) is 27.9 Å². The van der Waals surface area contributed by atoms with Crippen molar-refractivity contribution in [1.29, 1.82) is 0 Å². The van der Waals surface area contributed by atoms with Gasteiger partial charge >= 0.3 is 364 Å². The van der Waals surface area contributed by atoms with Crippen molar-refractivity contribution in [3.8, 4) is 22.3 Å². The topological polar surface area (TPSA) is 26.3 Å². The van der Waals surface area contributed by atoms with E-state index in [1.807, 2.05) is 12.5 Å². The monoisotopic (exact) mass is 916 g/mol. The molecular weight excluding hydrogens is 871 g/mol. The summed E-state index contributed by atoms with van der Waals surface area (Å²) in [6, 6.07) is 43.9. The Morgan fingerprint density at radius 2 is 0.933 bits per heavy atom. The number of hydrogen-bond donors (Lipinski definition) is 0. The Labute approximate surface area is 361 Å². The number of furan rings is 2. The average molecular weight is 919 g/mol. The van der Waals surface area contributed by atoms with Gasteiger partial charge in [0, 0.05) is 0 Å². The zero-order valence-corrected chi connectivity index (χ0v) is 40.0. The van der Waals surface area contributed by atoms with Crippen molar-refractivity contribution in [3.05, 3.63) is 190 Å². The zero-order valence-electron chi connectivity index (χ0n) is 35.0. The van der Waals surface area contributed by atoms with Crippen molar-refractivity contribution < 1.29 is 23.8 Å². The van der Waals surface area contributed by atoms with Gasteiger partial charge in [-0.05, 0) is 0 Å². The second-order valence-corrected chi connectivity index (χ2v) is 55.8. The van der Waals surface area contributed by atoms with Crippen LogP contribution in [0.4, 0.5) is 0 Å². The van der Waals surface area contributed by atoms with E-state index < -0.39 is 20.4 Å². The van der Waals surface area contributed by atoms with Crippen molar-refractivity contribution in [2.45, 2.75) is 60.9 Å². The van der Waals surface area contributed by atoms with Crippen LogP contribution in [0.3, 0.4) is 0 Å². The molecule has 6 heteroatoms. The van der Waals surface area contributed by atoms with E-state index in [4.69, 9.17) is 8.83 Å². The summed E-state index contributed by atoms with van der Waals surface area (Å²) in [5.74, 6) is 1.72. The quantitative estimate of drug-likeness (QED) is 0.142. The molecule has 0 saturated carbocycles. The molecule has 2 aromatic heterocycles. The summed E-state index contributed by atoms with van der Waals surface area (Å²) in [6.07, 6.45) is 10.4. The number of benzene rings is 6. The number of hydrogen-bond acceptors (Lipinski definition) is 2. The van der Waals surface area contributed by atoms with Gasteiger partial charge in [0.1, 0.15) is 0 Å². The molecule has 2 heterocycles. The van der Waals surface area contributed by atoms with Crippen molar-refractivity contribution in [1.82, 2.24) is 0 Å². The second kappa shape index (κ2) is 14.9. The minimum atomic E-state index is -5.56. The number of fused-ring (bicyclic) bond motifs is 4. The van der Waals surface area contributed by atoms with Gasteiger partial charge in [0.25, 0.3) is 0 Å². The number of aryl methyl sites for hydroxylation is 4. The molecule has 2 atom stereocenters. The van der Waals surface area contributed by atoms with E-state index in [-0.39, 0.29) is 7.25 Å². The molecule has 0 N–H and O–H groups in total. The van der Waals surface area contributed by atoms with Gasteiger partial charge in [-0.15, -0.1) is 0 Å². The third-order valence-electron chi connectivity index (χ3n) is 13.7. The summed E-state index contributed by atoms with van der Waals surface area (Å²) < 4.78 is 12.9. The van der Waals surface area contributed by atoms with Gasteiger partial charge in [-0.3, -0.25) is 0 Å². The summed E-state index contributed by atoms with van der Waals surface area (Å²) in [5, 5.41) is 4.29. The van der Waals surface area contributed by atoms with Gasteiger partial charge in [-0.1, -0.05) is 0 Å². The van der Waals surface area contributed by atoms with E-state index >= 15 is 0 Å². The molecular formula is C54H48Cl2O2SiZr.